The molecule has 2 aliphatic heterocycles. The molecule has 0 radical (unpaired) electrons. The van der Waals surface area contributed by atoms with Gasteiger partial charge in [-0.15, -0.1) is 0 Å². The van der Waals surface area contributed by atoms with E-state index in [4.69, 9.17) is 4.74 Å². The Hall–Kier alpha value is -1.61. The molecule has 1 aromatic carbocycles. The molecular formula is C21H30N2O. The van der Waals surface area contributed by atoms with Crippen LogP contribution in [0.4, 0.5) is 0 Å². The molecule has 2 aliphatic rings. The molecule has 2 saturated heterocycles. The van der Waals surface area contributed by atoms with E-state index in [2.05, 4.69) is 35.1 Å². The number of methoxy groups -OCH3 is 1. The zero-order chi connectivity index (χ0) is 17.3. The summed E-state index contributed by atoms with van der Waals surface area (Å²) in [6.45, 7) is 6.02. The minimum Gasteiger partial charge on any atom is -0.496 e. The van der Waals surface area contributed by atoms with Crippen LogP contribution in [0.3, 0.4) is 0 Å². The van der Waals surface area contributed by atoms with E-state index in [9.17, 15) is 0 Å². The Morgan fingerprint density at radius 1 is 1.08 bits per heavy atom. The summed E-state index contributed by atoms with van der Waals surface area (Å²) in [4.78, 5) is 7.24. The van der Waals surface area contributed by atoms with Crippen LogP contribution in [0, 0.1) is 6.92 Å². The lowest BCUT2D eigenvalue weighted by molar-refractivity contribution is 0.162. The van der Waals surface area contributed by atoms with E-state index in [1.165, 1.54) is 31.2 Å². The highest BCUT2D eigenvalue weighted by atomic mass is 16.5. The van der Waals surface area contributed by atoms with E-state index in [-0.39, 0.29) is 0 Å². The maximum atomic E-state index is 5.57. The van der Waals surface area contributed by atoms with Crippen LogP contribution in [-0.2, 0) is 0 Å². The van der Waals surface area contributed by atoms with Crippen LogP contribution in [0.25, 0.3) is 10.9 Å². The third-order valence-corrected chi connectivity index (χ3v) is 5.71. The maximum absolute atomic E-state index is 5.57. The van der Waals surface area contributed by atoms with Crippen LogP contribution in [0.2, 0.25) is 0 Å². The summed E-state index contributed by atoms with van der Waals surface area (Å²) in [5.41, 5.74) is 3.51. The van der Waals surface area contributed by atoms with Crippen LogP contribution in [0.1, 0.15) is 56.7 Å². The van der Waals surface area contributed by atoms with Gasteiger partial charge in [0.25, 0.3) is 0 Å². The topological polar surface area (TPSA) is 25.4 Å². The monoisotopic (exact) mass is 326 g/mol. The SMILES string of the molecule is CC.COc1cc(C)nc2ccc(C3CC4CCC(C3)N4C)cc12. The summed E-state index contributed by atoms with van der Waals surface area (Å²) in [7, 11) is 4.05. The van der Waals surface area contributed by atoms with E-state index < -0.39 is 0 Å². The second kappa shape index (κ2) is 7.10. The van der Waals surface area contributed by atoms with Gasteiger partial charge >= 0.3 is 0 Å². The van der Waals surface area contributed by atoms with Crippen LogP contribution in [0.5, 0.6) is 5.75 Å². The highest BCUT2D eigenvalue weighted by Gasteiger charge is 2.38. The third kappa shape index (κ3) is 3.02. The molecule has 1 aromatic heterocycles. The number of aryl methyl sites for hydroxylation is 1. The standard InChI is InChI=1S/C19H24N2O.C2H6/c1-12-8-19(22-3)17-11-13(4-7-18(17)20-12)14-9-15-5-6-16(10-14)21(15)2;1-2/h4,7-8,11,14-16H,5-6,9-10H2,1-3H3;1-2H3. The second-order valence-electron chi connectivity index (χ2n) is 6.96. The number of hydrogen-bond donors (Lipinski definition) is 0. The van der Waals surface area contributed by atoms with Crippen LogP contribution < -0.4 is 4.74 Å². The summed E-state index contributed by atoms with van der Waals surface area (Å²) in [5.74, 6) is 1.63. The van der Waals surface area contributed by atoms with Crippen molar-refractivity contribution < 1.29 is 4.74 Å². The third-order valence-electron chi connectivity index (χ3n) is 5.71. The predicted molar refractivity (Wildman–Crippen MR) is 101 cm³/mol. The van der Waals surface area contributed by atoms with Gasteiger partial charge in [-0.25, -0.2) is 0 Å². The molecule has 0 saturated carbocycles. The molecule has 24 heavy (non-hydrogen) atoms. The van der Waals surface area contributed by atoms with Crippen molar-refractivity contribution in [3.05, 3.63) is 35.5 Å². The molecule has 0 aliphatic carbocycles. The molecule has 0 N–H and O–H groups in total. The smallest absolute Gasteiger partial charge is 0.130 e. The molecule has 3 nitrogen and oxygen atoms in total. The zero-order valence-corrected chi connectivity index (χ0v) is 15.7. The Morgan fingerprint density at radius 3 is 2.38 bits per heavy atom. The van der Waals surface area contributed by atoms with E-state index in [0.717, 1.165) is 34.4 Å². The van der Waals surface area contributed by atoms with Crippen molar-refractivity contribution in [3.63, 3.8) is 0 Å². The first-order chi connectivity index (χ1) is 11.7. The predicted octanol–water partition coefficient (Wildman–Crippen LogP) is 4.92. The van der Waals surface area contributed by atoms with E-state index in [1.807, 2.05) is 26.8 Å². The number of ether oxygens (including phenoxy) is 1. The average molecular weight is 326 g/mol. The number of piperidine rings is 1. The van der Waals surface area contributed by atoms with Gasteiger partial charge in [0.05, 0.1) is 12.6 Å². The second-order valence-corrected chi connectivity index (χ2v) is 6.96. The van der Waals surface area contributed by atoms with Crippen molar-refractivity contribution in [1.82, 2.24) is 9.88 Å². The van der Waals surface area contributed by atoms with Crippen LogP contribution in [0.15, 0.2) is 24.3 Å². The Balaban J connectivity index is 0.000000815. The molecule has 2 fully saturated rings. The highest BCUT2D eigenvalue weighted by molar-refractivity contribution is 5.86. The van der Waals surface area contributed by atoms with Crippen LogP contribution >= 0.6 is 0 Å². The first-order valence-electron chi connectivity index (χ1n) is 9.33. The Labute approximate surface area is 146 Å². The van der Waals surface area contributed by atoms with Crippen molar-refractivity contribution >= 4 is 10.9 Å². The molecule has 0 amide bonds. The number of benzene rings is 1. The molecular weight excluding hydrogens is 296 g/mol. The first kappa shape index (κ1) is 17.2. The average Bonchev–Trinajstić information content (AvgIpc) is 2.83. The van der Waals surface area contributed by atoms with Gasteiger partial charge in [0.15, 0.2) is 0 Å². The van der Waals surface area contributed by atoms with Gasteiger partial charge in [-0.3, -0.25) is 4.98 Å². The number of hydrogen-bond acceptors (Lipinski definition) is 3. The number of fused-ring (bicyclic) bond motifs is 3. The molecule has 130 valence electrons. The summed E-state index contributed by atoms with van der Waals surface area (Å²) in [6.07, 6.45) is 5.32. The molecule has 2 bridgehead atoms. The van der Waals surface area contributed by atoms with Crippen molar-refractivity contribution in [3.8, 4) is 5.75 Å². The normalized spacial score (nSPS) is 26.1. The van der Waals surface area contributed by atoms with E-state index in [0.29, 0.717) is 5.92 Å². The van der Waals surface area contributed by atoms with Crippen molar-refractivity contribution in [2.24, 2.45) is 0 Å². The van der Waals surface area contributed by atoms with Crippen LogP contribution in [-0.4, -0.2) is 36.1 Å². The molecule has 2 aromatic rings. The maximum Gasteiger partial charge on any atom is 0.130 e. The molecule has 2 unspecified atom stereocenters. The highest BCUT2D eigenvalue weighted by Crippen LogP contribution is 2.43. The van der Waals surface area contributed by atoms with Gasteiger partial charge in [-0.05, 0) is 63.3 Å². The Bertz CT molecular complexity index is 698. The van der Waals surface area contributed by atoms with Crippen molar-refractivity contribution in [2.75, 3.05) is 14.2 Å². The molecule has 2 atom stereocenters. The van der Waals surface area contributed by atoms with Crippen molar-refractivity contribution in [1.29, 1.82) is 0 Å². The van der Waals surface area contributed by atoms with E-state index >= 15 is 0 Å². The lowest BCUT2D eigenvalue weighted by Crippen LogP contribution is -2.39. The lowest BCUT2D eigenvalue weighted by atomic mass is 9.85. The summed E-state index contributed by atoms with van der Waals surface area (Å²) < 4.78 is 5.57. The molecule has 0 spiro atoms. The fraction of sp³-hybridized carbons (Fsp3) is 0.571. The minimum absolute atomic E-state index is 0.684. The van der Waals surface area contributed by atoms with Gasteiger partial charge in [0.1, 0.15) is 5.75 Å². The lowest BCUT2D eigenvalue weighted by Gasteiger charge is -2.36. The molecule has 3 heteroatoms. The minimum atomic E-state index is 0.684. The number of pyridine rings is 1. The largest absolute Gasteiger partial charge is 0.496 e. The van der Waals surface area contributed by atoms with Gasteiger partial charge < -0.3 is 9.64 Å². The van der Waals surface area contributed by atoms with Gasteiger partial charge in [0, 0.05) is 29.2 Å². The zero-order valence-electron chi connectivity index (χ0n) is 15.7. The fourth-order valence-corrected chi connectivity index (χ4v) is 4.44. The molecule has 4 rings (SSSR count). The van der Waals surface area contributed by atoms with Gasteiger partial charge in [0.2, 0.25) is 0 Å². The Morgan fingerprint density at radius 2 is 1.75 bits per heavy atom. The number of aromatic nitrogens is 1. The number of rotatable bonds is 2. The molecule has 3 heterocycles. The quantitative estimate of drug-likeness (QED) is 0.783. The summed E-state index contributed by atoms with van der Waals surface area (Å²) >= 11 is 0. The fourth-order valence-electron chi connectivity index (χ4n) is 4.44. The van der Waals surface area contributed by atoms with E-state index in [1.54, 1.807) is 7.11 Å². The van der Waals surface area contributed by atoms with Gasteiger partial charge in [-0.2, -0.15) is 0 Å². The first-order valence-corrected chi connectivity index (χ1v) is 9.33. The number of nitrogens with zero attached hydrogens (tertiary/aromatic N) is 2. The van der Waals surface area contributed by atoms with Gasteiger partial charge in [-0.1, -0.05) is 19.9 Å². The Kier molecular flexibility index (Phi) is 5.09. The summed E-state index contributed by atoms with van der Waals surface area (Å²) in [5, 5.41) is 1.15. The summed E-state index contributed by atoms with van der Waals surface area (Å²) in [6, 6.07) is 10.3. The van der Waals surface area contributed by atoms with Crippen molar-refractivity contribution in [2.45, 2.75) is 64.5 Å².